The zero-order valence-corrected chi connectivity index (χ0v) is 34.5. The monoisotopic (exact) mass is 816 g/mol. The molecule has 0 spiro atoms. The van der Waals surface area contributed by atoms with Crippen molar-refractivity contribution in [2.45, 2.75) is 0 Å². The minimum atomic E-state index is 0.610. The van der Waals surface area contributed by atoms with Crippen molar-refractivity contribution in [2.24, 2.45) is 0 Å². The van der Waals surface area contributed by atoms with E-state index in [9.17, 15) is 5.26 Å². The number of hydrogen-bond donors (Lipinski definition) is 0. The third kappa shape index (κ3) is 6.54. The van der Waals surface area contributed by atoms with Crippen molar-refractivity contribution < 1.29 is 0 Å². The number of hydrogen-bond acceptors (Lipinski definition) is 6. The first kappa shape index (κ1) is 36.4. The topological polar surface area (TPSA) is 33.5 Å². The molecule has 0 saturated heterocycles. The van der Waals surface area contributed by atoms with Crippen molar-refractivity contribution in [3.05, 3.63) is 224 Å². The summed E-state index contributed by atoms with van der Waals surface area (Å²) >= 11 is 3.65. The van der Waals surface area contributed by atoms with Crippen LogP contribution >= 0.6 is 22.7 Å². The van der Waals surface area contributed by atoms with Gasteiger partial charge in [0.05, 0.1) is 23.0 Å². The van der Waals surface area contributed by atoms with Crippen LogP contribution in [0.2, 0.25) is 0 Å². The van der Waals surface area contributed by atoms with E-state index >= 15 is 0 Å². The van der Waals surface area contributed by atoms with Gasteiger partial charge in [0.2, 0.25) is 0 Å². The van der Waals surface area contributed by atoms with E-state index in [1.54, 1.807) is 0 Å². The Labute approximate surface area is 362 Å². The number of anilines is 9. The van der Waals surface area contributed by atoms with Gasteiger partial charge < -0.3 is 14.7 Å². The molecule has 6 heteroatoms. The Morgan fingerprint density at radius 1 is 0.311 bits per heavy atom. The normalized spacial score (nSPS) is 11.3. The number of para-hydroxylation sites is 4. The van der Waals surface area contributed by atoms with E-state index in [1.165, 1.54) is 35.6 Å². The van der Waals surface area contributed by atoms with Gasteiger partial charge in [-0.05, 0) is 115 Å². The van der Waals surface area contributed by atoms with Crippen molar-refractivity contribution >= 4 is 114 Å². The molecule has 0 bridgehead atoms. The maximum atomic E-state index is 9.99. The predicted octanol–water partition coefficient (Wildman–Crippen LogP) is 16.7. The molecule has 2 heterocycles. The molecule has 0 amide bonds. The number of rotatable bonds is 9. The summed E-state index contributed by atoms with van der Waals surface area (Å²) < 4.78 is 4.90. The zero-order valence-electron chi connectivity index (χ0n) is 32.9. The fourth-order valence-electron chi connectivity index (χ4n) is 8.57. The summed E-state index contributed by atoms with van der Waals surface area (Å²) in [4.78, 5) is 7.06. The van der Waals surface area contributed by atoms with Gasteiger partial charge in [-0.3, -0.25) is 0 Å². The van der Waals surface area contributed by atoms with Crippen molar-refractivity contribution in [1.29, 1.82) is 5.26 Å². The van der Waals surface area contributed by atoms with Crippen LogP contribution in [0.15, 0.2) is 218 Å². The fraction of sp³-hybridized carbons (Fsp3) is 0. The van der Waals surface area contributed by atoms with Crippen LogP contribution in [0.3, 0.4) is 0 Å². The van der Waals surface area contributed by atoms with Gasteiger partial charge in [-0.15, -0.1) is 22.7 Å². The minimum Gasteiger partial charge on any atom is -0.310 e. The second kappa shape index (κ2) is 15.5. The maximum Gasteiger partial charge on any atom is 0.0992 e. The van der Waals surface area contributed by atoms with E-state index in [4.69, 9.17) is 0 Å². The summed E-state index contributed by atoms with van der Waals surface area (Å²) in [5, 5.41) is 14.9. The molecular weight excluding hydrogens is 781 g/mol. The van der Waals surface area contributed by atoms with E-state index in [-0.39, 0.29) is 0 Å². The van der Waals surface area contributed by atoms with Crippen LogP contribution in [-0.4, -0.2) is 0 Å². The predicted molar refractivity (Wildman–Crippen MR) is 261 cm³/mol. The molecule has 9 aromatic carbocycles. The molecule has 288 valence electrons. The Morgan fingerprint density at radius 2 is 0.803 bits per heavy atom. The molecule has 11 aromatic rings. The average molecular weight is 817 g/mol. The number of fused-ring (bicyclic) bond motifs is 6. The standard InChI is InChI=1S/C55H36N4S2/c56-37-38-17-15-26-43(33-38)57(39-18-5-1-6-19-39)45-35-49(58(40-20-7-2-8-21-40)41-22-9-3-10-23-41)55-47-34-44(31-32-51(47)61-53(55)36-45)59(42-24-11-4-12-25-42)48-28-16-30-52-54(48)46-27-13-14-29-50(46)60-52/h1-36H. The van der Waals surface area contributed by atoms with Gasteiger partial charge in [0.15, 0.2) is 0 Å². The Kier molecular flexibility index (Phi) is 9.24. The SMILES string of the molecule is N#Cc1cccc(N(c2ccccc2)c2cc(N(c3ccccc3)c3ccccc3)c3c(c2)sc2ccc(N(c4ccccc4)c4cccc5sc6ccccc6c45)cc23)c1. The summed E-state index contributed by atoms with van der Waals surface area (Å²) in [6.07, 6.45) is 0. The molecule has 0 unspecified atom stereocenters. The fourth-order valence-corrected chi connectivity index (χ4v) is 10.8. The Morgan fingerprint density at radius 3 is 1.46 bits per heavy atom. The highest BCUT2D eigenvalue weighted by atomic mass is 32.1. The van der Waals surface area contributed by atoms with E-state index in [0.29, 0.717) is 5.56 Å². The van der Waals surface area contributed by atoms with E-state index in [2.05, 4.69) is 215 Å². The minimum absolute atomic E-state index is 0.610. The van der Waals surface area contributed by atoms with Gasteiger partial charge in [-0.2, -0.15) is 5.26 Å². The van der Waals surface area contributed by atoms with Gasteiger partial charge in [0, 0.05) is 80.2 Å². The second-order valence-corrected chi connectivity index (χ2v) is 17.0. The van der Waals surface area contributed by atoms with Crippen LogP contribution in [0.25, 0.3) is 40.3 Å². The molecule has 0 fully saturated rings. The summed E-state index contributed by atoms with van der Waals surface area (Å²) in [7, 11) is 0. The molecule has 0 radical (unpaired) electrons. The molecule has 11 rings (SSSR count). The Balaban J connectivity index is 1.21. The molecular formula is C55H36N4S2. The van der Waals surface area contributed by atoms with Crippen molar-refractivity contribution in [3.8, 4) is 6.07 Å². The molecule has 0 atom stereocenters. The average Bonchev–Trinajstić information content (AvgIpc) is 3.89. The highest BCUT2D eigenvalue weighted by Gasteiger charge is 2.25. The summed E-state index contributed by atoms with van der Waals surface area (Å²) in [5.41, 5.74) is 10.0. The first-order valence-corrected chi connectivity index (χ1v) is 21.9. The quantitative estimate of drug-likeness (QED) is 0.145. The molecule has 61 heavy (non-hydrogen) atoms. The molecule has 0 aliphatic rings. The van der Waals surface area contributed by atoms with Crippen molar-refractivity contribution in [1.82, 2.24) is 0 Å². The molecule has 4 nitrogen and oxygen atoms in total. The van der Waals surface area contributed by atoms with Crippen molar-refractivity contribution in [2.75, 3.05) is 14.7 Å². The highest BCUT2D eigenvalue weighted by molar-refractivity contribution is 7.26. The van der Waals surface area contributed by atoms with Gasteiger partial charge in [-0.25, -0.2) is 0 Å². The number of benzene rings is 9. The van der Waals surface area contributed by atoms with E-state index in [1.807, 2.05) is 46.9 Å². The molecule has 0 saturated carbocycles. The van der Waals surface area contributed by atoms with Crippen LogP contribution in [0.4, 0.5) is 51.2 Å². The van der Waals surface area contributed by atoms with Gasteiger partial charge in [0.25, 0.3) is 0 Å². The second-order valence-electron chi connectivity index (χ2n) is 14.9. The first-order chi connectivity index (χ1) is 30.2. The first-order valence-electron chi connectivity index (χ1n) is 20.2. The van der Waals surface area contributed by atoms with Gasteiger partial charge >= 0.3 is 0 Å². The molecule has 2 aromatic heterocycles. The van der Waals surface area contributed by atoms with Crippen LogP contribution < -0.4 is 14.7 Å². The summed E-state index contributed by atoms with van der Waals surface area (Å²) in [6.45, 7) is 0. The van der Waals surface area contributed by atoms with Crippen LogP contribution in [0.5, 0.6) is 0 Å². The summed E-state index contributed by atoms with van der Waals surface area (Å²) in [6, 6.07) is 79.7. The zero-order chi connectivity index (χ0) is 40.7. The Bertz CT molecular complexity index is 3350. The number of nitriles is 1. The number of nitrogens with zero attached hydrogens (tertiary/aromatic N) is 4. The number of thiophene rings is 2. The van der Waals surface area contributed by atoms with Gasteiger partial charge in [-0.1, -0.05) is 103 Å². The van der Waals surface area contributed by atoms with Gasteiger partial charge in [0.1, 0.15) is 0 Å². The van der Waals surface area contributed by atoms with E-state index in [0.717, 1.165) is 55.9 Å². The Hall–Kier alpha value is -7.69. The van der Waals surface area contributed by atoms with E-state index < -0.39 is 0 Å². The summed E-state index contributed by atoms with van der Waals surface area (Å²) in [5.74, 6) is 0. The maximum absolute atomic E-state index is 9.99. The third-order valence-electron chi connectivity index (χ3n) is 11.2. The highest BCUT2D eigenvalue weighted by Crippen LogP contribution is 2.51. The van der Waals surface area contributed by atoms with Crippen LogP contribution in [0.1, 0.15) is 5.56 Å². The lowest BCUT2D eigenvalue weighted by molar-refractivity contribution is 1.26. The third-order valence-corrected chi connectivity index (χ3v) is 13.4. The lowest BCUT2D eigenvalue weighted by Gasteiger charge is -2.30. The smallest absolute Gasteiger partial charge is 0.0992 e. The largest absolute Gasteiger partial charge is 0.310 e. The molecule has 0 N–H and O–H groups in total. The van der Waals surface area contributed by atoms with Crippen LogP contribution in [0, 0.1) is 11.3 Å². The van der Waals surface area contributed by atoms with Crippen LogP contribution in [-0.2, 0) is 0 Å². The molecule has 0 aliphatic carbocycles. The lowest BCUT2D eigenvalue weighted by atomic mass is 10.0. The lowest BCUT2D eigenvalue weighted by Crippen LogP contribution is -2.13. The van der Waals surface area contributed by atoms with Crippen molar-refractivity contribution in [3.63, 3.8) is 0 Å². The molecule has 0 aliphatic heterocycles.